The fraction of sp³-hybridized carbons (Fsp3) is 0.227. The van der Waals surface area contributed by atoms with Gasteiger partial charge in [-0.15, -0.1) is 11.3 Å². The van der Waals surface area contributed by atoms with Crippen molar-refractivity contribution in [3.05, 3.63) is 85.7 Å². The lowest BCUT2D eigenvalue weighted by atomic mass is 9.97. The van der Waals surface area contributed by atoms with Crippen molar-refractivity contribution in [1.29, 1.82) is 0 Å². The van der Waals surface area contributed by atoms with Gasteiger partial charge in [-0.05, 0) is 12.5 Å². The molecule has 3 rings (SSSR count). The largest absolute Gasteiger partial charge is 0.386 e. The van der Waals surface area contributed by atoms with E-state index in [1.807, 2.05) is 60.8 Å². The van der Waals surface area contributed by atoms with Crippen LogP contribution in [0.15, 0.2) is 59.0 Å². The SMILES string of the molecule is Cc1ccc(-c2csc(Cc3ccccc3/C(CC(O)C[N+](=O)[O-])=N\NC=O)n2)cc1. The molecule has 8 nitrogen and oxygen atoms in total. The molecule has 1 heterocycles. The number of nitrogens with zero attached hydrogens (tertiary/aromatic N) is 3. The number of hydrazone groups is 1. The van der Waals surface area contributed by atoms with Gasteiger partial charge in [-0.3, -0.25) is 14.9 Å². The summed E-state index contributed by atoms with van der Waals surface area (Å²) in [5.41, 5.74) is 7.33. The van der Waals surface area contributed by atoms with Crippen LogP contribution < -0.4 is 5.43 Å². The van der Waals surface area contributed by atoms with Crippen LogP contribution in [0.4, 0.5) is 0 Å². The first kappa shape index (κ1) is 22.3. The van der Waals surface area contributed by atoms with Gasteiger partial charge in [-0.1, -0.05) is 54.1 Å². The number of aliphatic hydroxyl groups excluding tert-OH is 1. The van der Waals surface area contributed by atoms with Crippen LogP contribution in [0.3, 0.4) is 0 Å². The predicted octanol–water partition coefficient (Wildman–Crippen LogP) is 3.19. The van der Waals surface area contributed by atoms with Crippen LogP contribution in [0, 0.1) is 17.0 Å². The molecule has 1 amide bonds. The normalized spacial score (nSPS) is 12.4. The zero-order valence-corrected chi connectivity index (χ0v) is 17.7. The number of thiazole rings is 1. The van der Waals surface area contributed by atoms with Crippen molar-refractivity contribution in [3.63, 3.8) is 0 Å². The molecule has 0 saturated carbocycles. The summed E-state index contributed by atoms with van der Waals surface area (Å²) < 4.78 is 0. The second-order valence-electron chi connectivity index (χ2n) is 7.01. The average molecular weight is 439 g/mol. The molecule has 1 aromatic heterocycles. The van der Waals surface area contributed by atoms with Crippen LogP contribution in [0.1, 0.15) is 28.1 Å². The van der Waals surface area contributed by atoms with Gasteiger partial charge >= 0.3 is 0 Å². The minimum absolute atomic E-state index is 0.0642. The topological polar surface area (TPSA) is 118 Å². The summed E-state index contributed by atoms with van der Waals surface area (Å²) in [6.45, 7) is 1.43. The number of hydrogen-bond donors (Lipinski definition) is 2. The van der Waals surface area contributed by atoms with Crippen LogP contribution >= 0.6 is 11.3 Å². The van der Waals surface area contributed by atoms with Crippen molar-refractivity contribution in [2.45, 2.75) is 25.9 Å². The third-order valence-electron chi connectivity index (χ3n) is 4.61. The third kappa shape index (κ3) is 6.27. The number of aromatic nitrogens is 1. The first-order valence-corrected chi connectivity index (χ1v) is 10.5. The molecule has 0 saturated heterocycles. The summed E-state index contributed by atoms with van der Waals surface area (Å²) in [6, 6.07) is 15.6. The zero-order chi connectivity index (χ0) is 22.2. The summed E-state index contributed by atoms with van der Waals surface area (Å²) in [4.78, 5) is 25.6. The first-order valence-electron chi connectivity index (χ1n) is 9.61. The van der Waals surface area contributed by atoms with Crippen LogP contribution in [0.5, 0.6) is 0 Å². The van der Waals surface area contributed by atoms with E-state index >= 15 is 0 Å². The highest BCUT2D eigenvalue weighted by molar-refractivity contribution is 7.10. The first-order chi connectivity index (χ1) is 15.0. The molecule has 9 heteroatoms. The minimum atomic E-state index is -1.22. The number of benzene rings is 2. The van der Waals surface area contributed by atoms with Crippen molar-refractivity contribution in [3.8, 4) is 11.3 Å². The van der Waals surface area contributed by atoms with Gasteiger partial charge in [0.1, 0.15) is 6.10 Å². The molecule has 0 fully saturated rings. The number of carbonyl (C=O) groups is 1. The summed E-state index contributed by atoms with van der Waals surface area (Å²) in [6.07, 6.45) is -0.344. The van der Waals surface area contributed by atoms with E-state index in [1.54, 1.807) is 11.3 Å². The Kier molecular flexibility index (Phi) is 7.58. The lowest BCUT2D eigenvalue weighted by Gasteiger charge is -2.13. The number of rotatable bonds is 10. The number of hydrogen-bond acceptors (Lipinski definition) is 7. The minimum Gasteiger partial charge on any atom is -0.386 e. The molecule has 2 N–H and O–H groups in total. The molecule has 0 bridgehead atoms. The van der Waals surface area contributed by atoms with Gasteiger partial charge in [0.2, 0.25) is 13.0 Å². The van der Waals surface area contributed by atoms with Crippen LogP contribution in [-0.4, -0.2) is 39.8 Å². The van der Waals surface area contributed by atoms with Gasteiger partial charge in [-0.2, -0.15) is 5.10 Å². The van der Waals surface area contributed by atoms with E-state index < -0.39 is 17.6 Å². The highest BCUT2D eigenvalue weighted by Crippen LogP contribution is 2.25. The fourth-order valence-electron chi connectivity index (χ4n) is 3.15. The maximum atomic E-state index is 10.7. The van der Waals surface area contributed by atoms with Crippen molar-refractivity contribution in [2.75, 3.05) is 6.54 Å². The smallest absolute Gasteiger partial charge is 0.229 e. The van der Waals surface area contributed by atoms with E-state index in [2.05, 4.69) is 10.5 Å². The Hall–Kier alpha value is -3.43. The molecular weight excluding hydrogens is 416 g/mol. The van der Waals surface area contributed by atoms with E-state index in [4.69, 9.17) is 4.98 Å². The third-order valence-corrected chi connectivity index (χ3v) is 5.46. The number of carbonyl (C=O) groups excluding carboxylic acids is 1. The van der Waals surface area contributed by atoms with E-state index in [0.717, 1.165) is 21.8 Å². The van der Waals surface area contributed by atoms with Gasteiger partial charge in [0, 0.05) is 34.3 Å². The Labute approximate surface area is 183 Å². The van der Waals surface area contributed by atoms with Gasteiger partial charge in [-0.25, -0.2) is 10.4 Å². The monoisotopic (exact) mass is 438 g/mol. The summed E-state index contributed by atoms with van der Waals surface area (Å²) in [5.74, 6) is 0. The maximum Gasteiger partial charge on any atom is 0.229 e. The summed E-state index contributed by atoms with van der Waals surface area (Å²) in [5, 5.41) is 27.7. The van der Waals surface area contributed by atoms with E-state index in [0.29, 0.717) is 24.1 Å². The molecule has 160 valence electrons. The molecule has 0 spiro atoms. The number of aliphatic hydroxyl groups is 1. The molecule has 31 heavy (non-hydrogen) atoms. The van der Waals surface area contributed by atoms with E-state index in [-0.39, 0.29) is 6.42 Å². The maximum absolute atomic E-state index is 10.7. The second-order valence-corrected chi connectivity index (χ2v) is 7.95. The Morgan fingerprint density at radius 2 is 2.03 bits per heavy atom. The van der Waals surface area contributed by atoms with Crippen molar-refractivity contribution in [2.24, 2.45) is 5.10 Å². The molecule has 0 aliphatic heterocycles. The number of amides is 1. The Balaban J connectivity index is 1.85. The highest BCUT2D eigenvalue weighted by Gasteiger charge is 2.19. The number of nitro groups is 1. The van der Waals surface area contributed by atoms with E-state index in [9.17, 15) is 20.0 Å². The second kappa shape index (κ2) is 10.6. The van der Waals surface area contributed by atoms with Gasteiger partial charge < -0.3 is 5.11 Å². The summed E-state index contributed by atoms with van der Waals surface area (Å²) >= 11 is 1.54. The van der Waals surface area contributed by atoms with Crippen molar-refractivity contribution >= 4 is 23.5 Å². The predicted molar refractivity (Wildman–Crippen MR) is 120 cm³/mol. The molecule has 1 unspecified atom stereocenters. The van der Waals surface area contributed by atoms with E-state index in [1.165, 1.54) is 5.56 Å². The Bertz CT molecular complexity index is 1080. The van der Waals surface area contributed by atoms with Crippen molar-refractivity contribution in [1.82, 2.24) is 10.4 Å². The molecule has 0 aliphatic rings. The molecule has 0 aliphatic carbocycles. The Morgan fingerprint density at radius 3 is 2.74 bits per heavy atom. The molecule has 2 aromatic carbocycles. The number of nitrogens with one attached hydrogen (secondary N) is 1. The van der Waals surface area contributed by atoms with Gasteiger partial charge in [0.25, 0.3) is 0 Å². The molecule has 3 aromatic rings. The van der Waals surface area contributed by atoms with Crippen LogP contribution in [0.25, 0.3) is 11.3 Å². The lowest BCUT2D eigenvalue weighted by Crippen LogP contribution is -2.25. The fourth-order valence-corrected chi connectivity index (χ4v) is 3.97. The zero-order valence-electron chi connectivity index (χ0n) is 16.9. The molecule has 0 radical (unpaired) electrons. The lowest BCUT2D eigenvalue weighted by molar-refractivity contribution is -0.489. The highest BCUT2D eigenvalue weighted by atomic mass is 32.1. The quantitative estimate of drug-likeness (QED) is 0.218. The van der Waals surface area contributed by atoms with Gasteiger partial charge in [0.05, 0.1) is 16.4 Å². The van der Waals surface area contributed by atoms with Gasteiger partial charge in [0.15, 0.2) is 0 Å². The van der Waals surface area contributed by atoms with Crippen molar-refractivity contribution < 1.29 is 14.8 Å². The van der Waals surface area contributed by atoms with Crippen LogP contribution in [-0.2, 0) is 11.2 Å². The Morgan fingerprint density at radius 1 is 1.29 bits per heavy atom. The molecular formula is C22H22N4O4S. The molecule has 1 atom stereocenters. The van der Waals surface area contributed by atoms with Crippen LogP contribution in [0.2, 0.25) is 0 Å². The average Bonchev–Trinajstić information content (AvgIpc) is 3.20. The number of aryl methyl sites for hydroxylation is 1. The summed E-state index contributed by atoms with van der Waals surface area (Å²) in [7, 11) is 0. The standard InChI is InChI=1S/C22H22N4O4S/c1-15-6-8-16(9-7-15)21-13-31-22(24-21)10-17-4-2-3-5-19(17)20(25-23-14-27)11-18(28)12-26(29)30/h2-9,13-14,18,28H,10-12H2,1H3,(H,23,27)/b25-20-.